The van der Waals surface area contributed by atoms with Gasteiger partial charge in [0.15, 0.2) is 0 Å². The van der Waals surface area contributed by atoms with Crippen molar-refractivity contribution >= 4 is 24.3 Å². The lowest BCUT2D eigenvalue weighted by molar-refractivity contribution is 0.572. The third-order valence-electron chi connectivity index (χ3n) is 12.9. The summed E-state index contributed by atoms with van der Waals surface area (Å²) in [5.41, 5.74) is 17.9. The van der Waals surface area contributed by atoms with Crippen LogP contribution in [0.3, 0.4) is 0 Å². The smallest absolute Gasteiger partial charge is 0.0156 e. The highest BCUT2D eigenvalue weighted by molar-refractivity contribution is 5.65. The summed E-state index contributed by atoms with van der Waals surface area (Å²) in [5.74, 6) is 1.10. The first-order valence-corrected chi connectivity index (χ1v) is 23.2. The van der Waals surface area contributed by atoms with Crippen LogP contribution in [-0.2, 0) is 6.42 Å². The summed E-state index contributed by atoms with van der Waals surface area (Å²) < 4.78 is 0. The van der Waals surface area contributed by atoms with E-state index in [0.717, 1.165) is 6.42 Å². The lowest BCUT2D eigenvalue weighted by Crippen LogP contribution is -2.12. The highest BCUT2D eigenvalue weighted by Crippen LogP contribution is 2.40. The SMILES string of the molecule is Cc1ccc(C=CC=Cc2cccc(C(Cc3ccccc3)C(C)c3ccc(-c4ccc(C(C)C(c5ccccc5)c5cccc(C=CC=Cc6ccc(C)cc6)c5)cc4)cc3)c2)cc1. The van der Waals surface area contributed by atoms with Crippen molar-refractivity contribution < 1.29 is 0 Å². The van der Waals surface area contributed by atoms with Crippen LogP contribution in [0.25, 0.3) is 35.4 Å². The third kappa shape index (κ3) is 12.0. The van der Waals surface area contributed by atoms with Gasteiger partial charge in [-0.2, -0.15) is 0 Å². The van der Waals surface area contributed by atoms with Crippen molar-refractivity contribution in [3.63, 3.8) is 0 Å². The maximum atomic E-state index is 2.39. The highest BCUT2D eigenvalue weighted by Gasteiger charge is 2.24. The molecule has 0 bridgehead atoms. The Hall–Kier alpha value is -7.28. The molecule has 0 amide bonds. The summed E-state index contributed by atoms with van der Waals surface area (Å²) in [4.78, 5) is 0. The van der Waals surface area contributed by atoms with Crippen molar-refractivity contribution in [2.24, 2.45) is 0 Å². The summed E-state index contributed by atoms with van der Waals surface area (Å²) in [5, 5.41) is 0. The number of rotatable bonds is 16. The van der Waals surface area contributed by atoms with Crippen molar-refractivity contribution in [3.8, 4) is 11.1 Å². The number of aryl methyl sites for hydroxylation is 2. The average molecular weight is 841 g/mol. The second-order valence-electron chi connectivity index (χ2n) is 17.6. The Morgan fingerprint density at radius 1 is 0.338 bits per heavy atom. The van der Waals surface area contributed by atoms with Crippen LogP contribution in [0.2, 0.25) is 0 Å². The zero-order valence-corrected chi connectivity index (χ0v) is 38.3. The molecule has 0 heteroatoms. The van der Waals surface area contributed by atoms with Crippen molar-refractivity contribution in [1.82, 2.24) is 0 Å². The van der Waals surface area contributed by atoms with Crippen LogP contribution in [-0.4, -0.2) is 0 Å². The number of hydrogen-bond acceptors (Lipinski definition) is 0. The molecule has 0 saturated carbocycles. The fraction of sp³-hybridized carbons (Fsp3) is 0.138. The number of benzene rings is 8. The molecule has 0 fully saturated rings. The minimum absolute atomic E-state index is 0.209. The molecule has 0 aliphatic rings. The van der Waals surface area contributed by atoms with Crippen LogP contribution >= 0.6 is 0 Å². The van der Waals surface area contributed by atoms with E-state index in [1.807, 2.05) is 0 Å². The number of allylic oxidation sites excluding steroid dienone is 4. The van der Waals surface area contributed by atoms with Crippen molar-refractivity contribution in [2.45, 2.75) is 57.8 Å². The minimum Gasteiger partial charge on any atom is -0.0622 e. The lowest BCUT2D eigenvalue weighted by Gasteiger charge is -2.26. The molecule has 8 rings (SSSR count). The first kappa shape index (κ1) is 44.3. The molecule has 4 atom stereocenters. The summed E-state index contributed by atoms with van der Waals surface area (Å²) in [6.45, 7) is 9.01. The van der Waals surface area contributed by atoms with Crippen molar-refractivity contribution in [1.29, 1.82) is 0 Å². The van der Waals surface area contributed by atoms with Crippen molar-refractivity contribution in [3.05, 3.63) is 297 Å². The monoisotopic (exact) mass is 840 g/mol. The van der Waals surface area contributed by atoms with Gasteiger partial charge in [0, 0.05) is 5.92 Å². The minimum atomic E-state index is 0.209. The Labute approximate surface area is 388 Å². The first-order chi connectivity index (χ1) is 31.9. The van der Waals surface area contributed by atoms with Gasteiger partial charge >= 0.3 is 0 Å². The molecule has 0 spiro atoms. The van der Waals surface area contributed by atoms with E-state index < -0.39 is 0 Å². The maximum absolute atomic E-state index is 2.39. The van der Waals surface area contributed by atoms with E-state index in [1.165, 1.54) is 77.9 Å². The van der Waals surface area contributed by atoms with Crippen LogP contribution in [0.5, 0.6) is 0 Å². The average Bonchev–Trinajstić information content (AvgIpc) is 3.35. The molecular weight excluding hydrogens is 781 g/mol. The van der Waals surface area contributed by atoms with E-state index in [9.17, 15) is 0 Å². The Kier molecular flexibility index (Phi) is 14.9. The van der Waals surface area contributed by atoms with Crippen LogP contribution in [0, 0.1) is 13.8 Å². The molecule has 0 radical (unpaired) electrons. The summed E-state index contributed by atoms with van der Waals surface area (Å²) in [7, 11) is 0. The van der Waals surface area contributed by atoms with E-state index in [0.29, 0.717) is 11.8 Å². The summed E-state index contributed by atoms with van der Waals surface area (Å²) in [6.07, 6.45) is 18.2. The van der Waals surface area contributed by atoms with E-state index in [4.69, 9.17) is 0 Å². The van der Waals surface area contributed by atoms with Gasteiger partial charge in [-0.25, -0.2) is 0 Å². The Bertz CT molecular complexity index is 2840. The quantitative estimate of drug-likeness (QED) is 0.0851. The van der Waals surface area contributed by atoms with Crippen LogP contribution < -0.4 is 0 Å². The molecule has 8 aromatic rings. The Morgan fingerprint density at radius 2 is 0.754 bits per heavy atom. The Morgan fingerprint density at radius 3 is 1.26 bits per heavy atom. The molecule has 8 aromatic carbocycles. The first-order valence-electron chi connectivity index (χ1n) is 23.2. The topological polar surface area (TPSA) is 0 Å². The van der Waals surface area contributed by atoms with Crippen molar-refractivity contribution in [2.75, 3.05) is 0 Å². The molecular formula is C65H60. The van der Waals surface area contributed by atoms with E-state index >= 15 is 0 Å². The predicted octanol–water partition coefficient (Wildman–Crippen LogP) is 17.5. The highest BCUT2D eigenvalue weighted by atomic mass is 14.3. The van der Waals surface area contributed by atoms with Gasteiger partial charge in [0.25, 0.3) is 0 Å². The molecule has 320 valence electrons. The van der Waals surface area contributed by atoms with Gasteiger partial charge in [-0.15, -0.1) is 0 Å². The van der Waals surface area contributed by atoms with Gasteiger partial charge in [0.1, 0.15) is 0 Å². The second-order valence-corrected chi connectivity index (χ2v) is 17.6. The van der Waals surface area contributed by atoms with E-state index in [2.05, 4.69) is 283 Å². The maximum Gasteiger partial charge on any atom is 0.0156 e. The fourth-order valence-corrected chi connectivity index (χ4v) is 9.04. The predicted molar refractivity (Wildman–Crippen MR) is 281 cm³/mol. The fourth-order valence-electron chi connectivity index (χ4n) is 9.04. The normalized spacial score (nSPS) is 13.7. The number of hydrogen-bond donors (Lipinski definition) is 0. The zero-order chi connectivity index (χ0) is 44.8. The van der Waals surface area contributed by atoms with E-state index in [1.54, 1.807) is 0 Å². The summed E-state index contributed by atoms with van der Waals surface area (Å²) in [6, 6.07) is 75.9. The molecule has 0 aliphatic carbocycles. The van der Waals surface area contributed by atoms with Crippen LogP contribution in [0.4, 0.5) is 0 Å². The van der Waals surface area contributed by atoms with E-state index in [-0.39, 0.29) is 11.8 Å². The standard InChI is InChI=1S/C65H60/c1-48-29-33-52(34-30-48)17-11-13-21-54-23-15-27-62(45-54)64(47-56-19-7-5-8-20-56)50(3)57-37-41-59(42-38-57)60-43-39-58(40-44-60)51(4)65(61-25-9-6-10-26-61)63-28-16-24-55(46-63)22-14-12-18-53-35-31-49(2)32-36-53/h5-46,50-51,64-65H,47H2,1-4H3. The van der Waals surface area contributed by atoms with Gasteiger partial charge in [-0.3, -0.25) is 0 Å². The van der Waals surface area contributed by atoms with Gasteiger partial charge in [-0.05, 0) is 105 Å². The molecule has 0 aliphatic heterocycles. The zero-order valence-electron chi connectivity index (χ0n) is 38.3. The Balaban J connectivity index is 0.984. The lowest BCUT2D eigenvalue weighted by atomic mass is 9.77. The van der Waals surface area contributed by atoms with Gasteiger partial charge in [-0.1, -0.05) is 280 Å². The third-order valence-corrected chi connectivity index (χ3v) is 12.9. The molecule has 0 nitrogen and oxygen atoms in total. The van der Waals surface area contributed by atoms with Crippen LogP contribution in [0.15, 0.2) is 231 Å². The molecule has 0 saturated heterocycles. The second kappa shape index (κ2) is 21.9. The molecule has 0 heterocycles. The molecule has 4 unspecified atom stereocenters. The molecule has 0 N–H and O–H groups in total. The van der Waals surface area contributed by atoms with Crippen LogP contribution in [0.1, 0.15) is 104 Å². The van der Waals surface area contributed by atoms with Gasteiger partial charge < -0.3 is 0 Å². The summed E-state index contributed by atoms with van der Waals surface area (Å²) >= 11 is 0. The van der Waals surface area contributed by atoms with Gasteiger partial charge in [0.05, 0.1) is 0 Å². The molecule has 65 heavy (non-hydrogen) atoms. The van der Waals surface area contributed by atoms with Gasteiger partial charge in [0.2, 0.25) is 0 Å². The largest absolute Gasteiger partial charge is 0.0622 e. The molecule has 0 aromatic heterocycles.